The molecular weight excluding hydrogens is 334 g/mol. The zero-order chi connectivity index (χ0) is 19.2. The number of ether oxygens (including phenoxy) is 1. The van der Waals surface area contributed by atoms with Gasteiger partial charge < -0.3 is 4.74 Å². The number of benzene rings is 1. The number of piperazine rings is 1. The summed E-state index contributed by atoms with van der Waals surface area (Å²) in [5.41, 5.74) is 1.35. The maximum Gasteiger partial charge on any atom is 0.119 e. The summed E-state index contributed by atoms with van der Waals surface area (Å²) in [4.78, 5) is 4.89. The van der Waals surface area contributed by atoms with Crippen LogP contribution in [0.2, 0.25) is 0 Å². The summed E-state index contributed by atoms with van der Waals surface area (Å²) in [6.07, 6.45) is 9.86. The van der Waals surface area contributed by atoms with E-state index in [1.54, 1.807) is 0 Å². The molecule has 0 saturated carbocycles. The van der Waals surface area contributed by atoms with Gasteiger partial charge in [-0.25, -0.2) is 0 Å². The van der Waals surface area contributed by atoms with Gasteiger partial charge in [-0.05, 0) is 24.1 Å². The molecule has 0 amide bonds. The molecule has 0 bridgehead atoms. The summed E-state index contributed by atoms with van der Waals surface area (Å²) >= 11 is 0. The Bertz CT molecular complexity index is 530. The molecule has 0 aromatic heterocycles. The highest BCUT2D eigenvalue weighted by Gasteiger charge is 2.16. The summed E-state index contributed by atoms with van der Waals surface area (Å²) in [6, 6.07) is 10.9. The summed E-state index contributed by atoms with van der Waals surface area (Å²) in [5.74, 6) is 0.992. The van der Waals surface area contributed by atoms with E-state index in [0.717, 1.165) is 58.0 Å². The van der Waals surface area contributed by atoms with Crippen molar-refractivity contribution in [2.24, 2.45) is 0 Å². The van der Waals surface area contributed by atoms with E-state index in [1.165, 1.54) is 44.1 Å². The predicted octanol–water partition coefficient (Wildman–Crippen LogP) is 4.85. The maximum absolute atomic E-state index is 8.69. The fourth-order valence-corrected chi connectivity index (χ4v) is 3.58. The first kappa shape index (κ1) is 21.7. The van der Waals surface area contributed by atoms with E-state index in [2.05, 4.69) is 47.1 Å². The molecule has 1 aromatic rings. The van der Waals surface area contributed by atoms with Crippen molar-refractivity contribution in [3.8, 4) is 11.8 Å². The molecular formula is C23H37N3O. The van der Waals surface area contributed by atoms with Crippen LogP contribution in [-0.4, -0.2) is 49.1 Å². The highest BCUT2D eigenvalue weighted by atomic mass is 16.5. The Morgan fingerprint density at radius 1 is 0.889 bits per heavy atom. The third-order valence-corrected chi connectivity index (χ3v) is 5.35. The lowest BCUT2D eigenvalue weighted by Gasteiger charge is -2.34. The van der Waals surface area contributed by atoms with E-state index in [1.807, 2.05) is 0 Å². The molecule has 0 radical (unpaired) electrons. The van der Waals surface area contributed by atoms with Gasteiger partial charge in [0.1, 0.15) is 5.75 Å². The Hall–Kier alpha value is -1.57. The third-order valence-electron chi connectivity index (χ3n) is 5.35. The van der Waals surface area contributed by atoms with Crippen LogP contribution < -0.4 is 4.74 Å². The van der Waals surface area contributed by atoms with Crippen molar-refractivity contribution in [1.29, 1.82) is 5.26 Å². The fraction of sp³-hybridized carbons (Fsp3) is 0.696. The van der Waals surface area contributed by atoms with Gasteiger partial charge in [0.15, 0.2) is 0 Å². The van der Waals surface area contributed by atoms with E-state index in [-0.39, 0.29) is 0 Å². The number of hydrogen-bond acceptors (Lipinski definition) is 4. The van der Waals surface area contributed by atoms with Crippen LogP contribution in [0.1, 0.15) is 63.9 Å². The van der Waals surface area contributed by atoms with Gasteiger partial charge in [-0.15, -0.1) is 0 Å². The minimum absolute atomic E-state index is 0.639. The minimum atomic E-state index is 0.639. The van der Waals surface area contributed by atoms with Gasteiger partial charge in [-0.3, -0.25) is 9.80 Å². The standard InChI is InChI=1S/C23H37N3O/c1-2-3-4-5-6-7-8-20-27-23-12-10-22(11-13-23)21-26-18-16-25(17-19-26)15-9-14-24/h10-13H,2-9,15-21H2,1H3. The molecule has 1 aliphatic heterocycles. The number of nitriles is 1. The molecule has 0 N–H and O–H groups in total. The van der Waals surface area contributed by atoms with Gasteiger partial charge >= 0.3 is 0 Å². The van der Waals surface area contributed by atoms with E-state index in [4.69, 9.17) is 10.00 Å². The van der Waals surface area contributed by atoms with Crippen molar-refractivity contribution in [2.75, 3.05) is 39.3 Å². The van der Waals surface area contributed by atoms with Crippen LogP contribution in [0.3, 0.4) is 0 Å². The molecule has 150 valence electrons. The molecule has 1 fully saturated rings. The Morgan fingerprint density at radius 2 is 1.52 bits per heavy atom. The van der Waals surface area contributed by atoms with E-state index < -0.39 is 0 Å². The van der Waals surface area contributed by atoms with Crippen LogP contribution in [0.4, 0.5) is 0 Å². The number of nitrogens with zero attached hydrogens (tertiary/aromatic N) is 3. The van der Waals surface area contributed by atoms with Crippen molar-refractivity contribution >= 4 is 0 Å². The summed E-state index contributed by atoms with van der Waals surface area (Å²) in [6.45, 7) is 9.32. The molecule has 1 heterocycles. The number of unbranched alkanes of at least 4 members (excludes halogenated alkanes) is 6. The molecule has 1 saturated heterocycles. The second-order valence-electron chi connectivity index (χ2n) is 7.64. The monoisotopic (exact) mass is 371 g/mol. The lowest BCUT2D eigenvalue weighted by Crippen LogP contribution is -2.46. The minimum Gasteiger partial charge on any atom is -0.494 e. The topological polar surface area (TPSA) is 39.5 Å². The molecule has 0 unspecified atom stereocenters. The Morgan fingerprint density at radius 3 is 2.19 bits per heavy atom. The molecule has 4 heteroatoms. The second-order valence-corrected chi connectivity index (χ2v) is 7.64. The van der Waals surface area contributed by atoms with Gasteiger partial charge in [-0.1, -0.05) is 57.6 Å². The first-order valence-electron chi connectivity index (χ1n) is 10.8. The van der Waals surface area contributed by atoms with Crippen LogP contribution >= 0.6 is 0 Å². The molecule has 27 heavy (non-hydrogen) atoms. The molecule has 0 spiro atoms. The lowest BCUT2D eigenvalue weighted by molar-refractivity contribution is 0.129. The van der Waals surface area contributed by atoms with Crippen LogP contribution in [0.15, 0.2) is 24.3 Å². The normalized spacial score (nSPS) is 15.6. The zero-order valence-corrected chi connectivity index (χ0v) is 17.2. The van der Waals surface area contributed by atoms with Crippen LogP contribution in [0.5, 0.6) is 5.75 Å². The van der Waals surface area contributed by atoms with Crippen LogP contribution in [0.25, 0.3) is 0 Å². The van der Waals surface area contributed by atoms with E-state index in [9.17, 15) is 0 Å². The van der Waals surface area contributed by atoms with Crippen molar-refractivity contribution < 1.29 is 4.74 Å². The van der Waals surface area contributed by atoms with Crippen molar-refractivity contribution in [3.05, 3.63) is 29.8 Å². The van der Waals surface area contributed by atoms with E-state index >= 15 is 0 Å². The lowest BCUT2D eigenvalue weighted by atomic mass is 10.1. The molecule has 1 aromatic carbocycles. The van der Waals surface area contributed by atoms with Gasteiger partial charge in [-0.2, -0.15) is 5.26 Å². The maximum atomic E-state index is 8.69. The first-order valence-corrected chi connectivity index (χ1v) is 10.8. The Labute approximate surface area is 166 Å². The van der Waals surface area contributed by atoms with Crippen molar-refractivity contribution in [1.82, 2.24) is 9.80 Å². The fourth-order valence-electron chi connectivity index (χ4n) is 3.58. The van der Waals surface area contributed by atoms with Gasteiger partial charge in [0, 0.05) is 45.7 Å². The number of rotatable bonds is 13. The molecule has 4 nitrogen and oxygen atoms in total. The van der Waals surface area contributed by atoms with Crippen LogP contribution in [0, 0.1) is 11.3 Å². The van der Waals surface area contributed by atoms with Gasteiger partial charge in [0.05, 0.1) is 12.7 Å². The quantitative estimate of drug-likeness (QED) is 0.465. The van der Waals surface area contributed by atoms with Crippen LogP contribution in [-0.2, 0) is 6.54 Å². The highest BCUT2D eigenvalue weighted by Crippen LogP contribution is 2.16. The van der Waals surface area contributed by atoms with Gasteiger partial charge in [0.25, 0.3) is 0 Å². The summed E-state index contributed by atoms with van der Waals surface area (Å²) < 4.78 is 5.88. The third kappa shape index (κ3) is 9.26. The Balaban J connectivity index is 1.57. The average Bonchev–Trinajstić information content (AvgIpc) is 2.71. The summed E-state index contributed by atoms with van der Waals surface area (Å²) in [5, 5.41) is 8.69. The largest absolute Gasteiger partial charge is 0.494 e. The summed E-state index contributed by atoms with van der Waals surface area (Å²) in [7, 11) is 0. The van der Waals surface area contributed by atoms with E-state index in [0.29, 0.717) is 6.42 Å². The average molecular weight is 372 g/mol. The Kier molecular flexibility index (Phi) is 10.9. The smallest absolute Gasteiger partial charge is 0.119 e. The van der Waals surface area contributed by atoms with Gasteiger partial charge in [0.2, 0.25) is 0 Å². The molecule has 2 rings (SSSR count). The second kappa shape index (κ2) is 13.6. The SMILES string of the molecule is CCCCCCCCCOc1ccc(CN2CCN(CCC#N)CC2)cc1. The first-order chi connectivity index (χ1) is 13.3. The number of hydrogen-bond donors (Lipinski definition) is 0. The van der Waals surface area contributed by atoms with Crippen molar-refractivity contribution in [3.63, 3.8) is 0 Å². The predicted molar refractivity (Wildman–Crippen MR) is 112 cm³/mol. The zero-order valence-electron chi connectivity index (χ0n) is 17.2. The van der Waals surface area contributed by atoms with Crippen molar-refractivity contribution in [2.45, 2.75) is 64.8 Å². The molecule has 1 aliphatic rings. The molecule has 0 atom stereocenters. The molecule has 0 aliphatic carbocycles. The highest BCUT2D eigenvalue weighted by molar-refractivity contribution is 5.27.